The Kier molecular flexibility index (Phi) is 3.25. The first-order chi connectivity index (χ1) is 9.33. The zero-order chi connectivity index (χ0) is 13.1. The summed E-state index contributed by atoms with van der Waals surface area (Å²) in [5.74, 6) is 3.69. The molecule has 0 spiro atoms. The quantitative estimate of drug-likeness (QED) is 0.554. The minimum absolute atomic E-state index is 0.201. The summed E-state index contributed by atoms with van der Waals surface area (Å²) in [5, 5.41) is 0. The van der Waals surface area contributed by atoms with Crippen LogP contribution in [0.2, 0.25) is 0 Å². The molecular weight excluding hydrogens is 246 g/mol. The molecule has 0 amide bonds. The maximum absolute atomic E-state index is 12.0. The van der Waals surface area contributed by atoms with E-state index in [1.165, 1.54) is 0 Å². The van der Waals surface area contributed by atoms with Gasteiger partial charge in [0.2, 0.25) is 12.6 Å². The molecule has 19 heavy (non-hydrogen) atoms. The fraction of sp³-hybridized carbons (Fsp3) is 0.357. The molecule has 0 unspecified atom stereocenters. The highest BCUT2D eigenvalue weighted by molar-refractivity contribution is 6.09. The topological polar surface area (TPSA) is 48.0 Å². The van der Waals surface area contributed by atoms with Gasteiger partial charge < -0.3 is 19.1 Å². The van der Waals surface area contributed by atoms with Crippen LogP contribution in [0.3, 0.4) is 0 Å². The third kappa shape index (κ3) is 2.64. The van der Waals surface area contributed by atoms with Gasteiger partial charge in [0.1, 0.15) is 0 Å². The minimum Gasteiger partial charge on any atom is -0.454 e. The highest BCUT2D eigenvalue weighted by Gasteiger charge is 2.15. The standard InChI is InChI=1S/C14H13NO4/c16-12(3-4-15-5-7-17-8-6-15)11-1-2-13-14(9-11)19-10-18-13/h1-2,9H,5-8,10H2. The van der Waals surface area contributed by atoms with Gasteiger partial charge in [0.25, 0.3) is 0 Å². The molecule has 98 valence electrons. The van der Waals surface area contributed by atoms with Crippen molar-refractivity contribution in [3.63, 3.8) is 0 Å². The lowest BCUT2D eigenvalue weighted by Gasteiger charge is -2.22. The predicted molar refractivity (Wildman–Crippen MR) is 67.1 cm³/mol. The lowest BCUT2D eigenvalue weighted by molar-refractivity contribution is 0.0637. The number of hydrogen-bond acceptors (Lipinski definition) is 5. The van der Waals surface area contributed by atoms with E-state index in [0.29, 0.717) is 30.3 Å². The van der Waals surface area contributed by atoms with Crippen LogP contribution >= 0.6 is 0 Å². The van der Waals surface area contributed by atoms with Crippen LogP contribution in [0.5, 0.6) is 11.5 Å². The number of morpholine rings is 1. The molecule has 5 heteroatoms. The fourth-order valence-electron chi connectivity index (χ4n) is 1.91. The Morgan fingerprint density at radius 2 is 1.95 bits per heavy atom. The van der Waals surface area contributed by atoms with E-state index in [4.69, 9.17) is 14.2 Å². The number of carbonyl (C=O) groups is 1. The van der Waals surface area contributed by atoms with Crippen LogP contribution in [0.25, 0.3) is 0 Å². The Morgan fingerprint density at radius 1 is 1.16 bits per heavy atom. The van der Waals surface area contributed by atoms with Gasteiger partial charge in [0.15, 0.2) is 11.5 Å². The molecule has 5 nitrogen and oxygen atoms in total. The molecule has 0 aromatic heterocycles. The first-order valence-corrected chi connectivity index (χ1v) is 6.11. The van der Waals surface area contributed by atoms with E-state index in [1.54, 1.807) is 18.2 Å². The Hall–Kier alpha value is -2.19. The molecular formula is C14H13NO4. The molecule has 0 atom stereocenters. The molecule has 3 rings (SSSR count). The Balaban J connectivity index is 1.71. The lowest BCUT2D eigenvalue weighted by Crippen LogP contribution is -2.32. The van der Waals surface area contributed by atoms with Crippen LogP contribution in [0.1, 0.15) is 10.4 Å². The van der Waals surface area contributed by atoms with Crippen molar-refractivity contribution in [2.75, 3.05) is 33.1 Å². The van der Waals surface area contributed by atoms with Crippen molar-refractivity contribution >= 4 is 5.78 Å². The van der Waals surface area contributed by atoms with Gasteiger partial charge in [-0.3, -0.25) is 4.79 Å². The smallest absolute Gasteiger partial charge is 0.237 e. The number of benzene rings is 1. The number of nitrogens with zero attached hydrogens (tertiary/aromatic N) is 1. The number of hydrogen-bond donors (Lipinski definition) is 0. The number of ketones is 1. The summed E-state index contributed by atoms with van der Waals surface area (Å²) in [6.07, 6.45) is 0. The largest absolute Gasteiger partial charge is 0.454 e. The third-order valence-electron chi connectivity index (χ3n) is 2.97. The molecule has 0 bridgehead atoms. The van der Waals surface area contributed by atoms with Crippen molar-refractivity contribution in [1.29, 1.82) is 0 Å². The zero-order valence-corrected chi connectivity index (χ0v) is 10.3. The van der Waals surface area contributed by atoms with E-state index in [1.807, 2.05) is 4.90 Å². The number of fused-ring (bicyclic) bond motifs is 1. The van der Waals surface area contributed by atoms with Gasteiger partial charge in [-0.05, 0) is 24.1 Å². The van der Waals surface area contributed by atoms with Crippen LogP contribution in [0, 0.1) is 12.0 Å². The van der Waals surface area contributed by atoms with Gasteiger partial charge in [-0.2, -0.15) is 0 Å². The third-order valence-corrected chi connectivity index (χ3v) is 2.97. The molecule has 0 N–H and O–H groups in total. The zero-order valence-electron chi connectivity index (χ0n) is 10.3. The number of Topliss-reactive ketones (excluding diaryl/α,β-unsaturated/α-hetero) is 1. The summed E-state index contributed by atoms with van der Waals surface area (Å²) in [4.78, 5) is 13.9. The van der Waals surface area contributed by atoms with E-state index in [-0.39, 0.29) is 12.6 Å². The second kappa shape index (κ2) is 5.21. The van der Waals surface area contributed by atoms with Gasteiger partial charge in [0.05, 0.1) is 13.2 Å². The highest BCUT2D eigenvalue weighted by atomic mass is 16.7. The van der Waals surface area contributed by atoms with Crippen molar-refractivity contribution in [2.24, 2.45) is 0 Å². The van der Waals surface area contributed by atoms with Crippen molar-refractivity contribution < 1.29 is 19.0 Å². The molecule has 1 saturated heterocycles. The summed E-state index contributed by atoms with van der Waals surface area (Å²) >= 11 is 0. The van der Waals surface area contributed by atoms with Crippen LogP contribution in [0.4, 0.5) is 0 Å². The Bertz CT molecular complexity index is 552. The normalized spacial score (nSPS) is 16.7. The van der Waals surface area contributed by atoms with Crippen LogP contribution in [-0.2, 0) is 4.74 Å². The molecule has 2 aliphatic heterocycles. The van der Waals surface area contributed by atoms with E-state index in [0.717, 1.165) is 13.1 Å². The average molecular weight is 259 g/mol. The minimum atomic E-state index is -0.218. The van der Waals surface area contributed by atoms with Gasteiger partial charge in [-0.25, -0.2) is 0 Å². The molecule has 1 aromatic carbocycles. The second-order valence-corrected chi connectivity index (χ2v) is 4.23. The average Bonchev–Trinajstić information content (AvgIpc) is 2.93. The lowest BCUT2D eigenvalue weighted by atomic mass is 10.1. The van der Waals surface area contributed by atoms with Crippen molar-refractivity contribution in [1.82, 2.24) is 4.90 Å². The highest BCUT2D eigenvalue weighted by Crippen LogP contribution is 2.32. The summed E-state index contributed by atoms with van der Waals surface area (Å²) in [7, 11) is 0. The summed E-state index contributed by atoms with van der Waals surface area (Å²) < 4.78 is 15.6. The number of carbonyl (C=O) groups excluding carboxylic acids is 1. The summed E-state index contributed by atoms with van der Waals surface area (Å²) in [6.45, 7) is 3.00. The monoisotopic (exact) mass is 259 g/mol. The van der Waals surface area contributed by atoms with Crippen molar-refractivity contribution in [2.45, 2.75) is 0 Å². The number of rotatable bonds is 1. The van der Waals surface area contributed by atoms with E-state index < -0.39 is 0 Å². The first kappa shape index (κ1) is 11.9. The maximum atomic E-state index is 12.0. The molecule has 0 saturated carbocycles. The molecule has 0 radical (unpaired) electrons. The van der Waals surface area contributed by atoms with Gasteiger partial charge in [0, 0.05) is 24.7 Å². The predicted octanol–water partition coefficient (Wildman–Crippen LogP) is 0.891. The number of ether oxygens (including phenoxy) is 3. The summed E-state index contributed by atoms with van der Waals surface area (Å²) in [5.41, 5.74) is 0.519. The Morgan fingerprint density at radius 3 is 2.79 bits per heavy atom. The molecule has 2 heterocycles. The molecule has 0 aliphatic carbocycles. The van der Waals surface area contributed by atoms with Gasteiger partial charge in [-0.1, -0.05) is 0 Å². The van der Waals surface area contributed by atoms with Crippen molar-refractivity contribution in [3.8, 4) is 23.5 Å². The van der Waals surface area contributed by atoms with Gasteiger partial charge >= 0.3 is 0 Å². The van der Waals surface area contributed by atoms with Crippen LogP contribution < -0.4 is 9.47 Å². The van der Waals surface area contributed by atoms with Crippen LogP contribution in [0.15, 0.2) is 18.2 Å². The van der Waals surface area contributed by atoms with Gasteiger partial charge in [-0.15, -0.1) is 0 Å². The second-order valence-electron chi connectivity index (χ2n) is 4.23. The fourth-order valence-corrected chi connectivity index (χ4v) is 1.91. The van der Waals surface area contributed by atoms with E-state index in [2.05, 4.69) is 12.0 Å². The Labute approximate surface area is 111 Å². The molecule has 1 aromatic rings. The maximum Gasteiger partial charge on any atom is 0.237 e. The van der Waals surface area contributed by atoms with E-state index in [9.17, 15) is 4.79 Å². The summed E-state index contributed by atoms with van der Waals surface area (Å²) in [6, 6.07) is 7.96. The molecule has 2 aliphatic rings. The van der Waals surface area contributed by atoms with Crippen LogP contribution in [-0.4, -0.2) is 43.8 Å². The SMILES string of the molecule is O=C(C#CN1CCOCC1)c1ccc2c(c1)OCO2. The first-order valence-electron chi connectivity index (χ1n) is 6.11. The molecule has 1 fully saturated rings. The van der Waals surface area contributed by atoms with E-state index >= 15 is 0 Å². The van der Waals surface area contributed by atoms with Crippen molar-refractivity contribution in [3.05, 3.63) is 23.8 Å².